The van der Waals surface area contributed by atoms with Crippen molar-refractivity contribution in [3.05, 3.63) is 70.3 Å². The number of rotatable bonds is 4. The van der Waals surface area contributed by atoms with Gasteiger partial charge >= 0.3 is 0 Å². The molecule has 5 atom stereocenters. The van der Waals surface area contributed by atoms with Gasteiger partial charge in [0.2, 0.25) is 0 Å². The molecule has 5 N–H and O–H groups in total. The van der Waals surface area contributed by atoms with Gasteiger partial charge in [0.05, 0.1) is 6.61 Å². The van der Waals surface area contributed by atoms with Crippen molar-refractivity contribution in [1.82, 2.24) is 0 Å². The summed E-state index contributed by atoms with van der Waals surface area (Å²) >= 11 is 0. The first-order valence-corrected chi connectivity index (χ1v) is 11.0. The minimum Gasteiger partial charge on any atom is -0.394 e. The summed E-state index contributed by atoms with van der Waals surface area (Å²) in [7, 11) is 0. The number of hydrogen-bond acceptors (Lipinski definition) is 6. The van der Waals surface area contributed by atoms with Gasteiger partial charge in [-0.1, -0.05) is 42.2 Å². The number of aryl methyl sites for hydroxylation is 1. The van der Waals surface area contributed by atoms with Crippen LogP contribution in [0.1, 0.15) is 53.2 Å². The molecule has 0 unspecified atom stereocenters. The molecular weight excluding hydrogens is 408 g/mol. The summed E-state index contributed by atoms with van der Waals surface area (Å²) in [5.74, 6) is 6.02. The minimum absolute atomic E-state index is 0.452. The van der Waals surface area contributed by atoms with Crippen molar-refractivity contribution >= 4 is 0 Å². The highest BCUT2D eigenvalue weighted by molar-refractivity contribution is 5.41. The molecule has 2 aliphatic rings. The van der Waals surface area contributed by atoms with Crippen molar-refractivity contribution in [2.75, 3.05) is 6.61 Å². The van der Waals surface area contributed by atoms with Crippen molar-refractivity contribution in [1.29, 1.82) is 0 Å². The lowest BCUT2D eigenvalue weighted by molar-refractivity contribution is -0.231. The highest BCUT2D eigenvalue weighted by Crippen LogP contribution is 2.34. The van der Waals surface area contributed by atoms with Gasteiger partial charge in [0, 0.05) is 5.56 Å². The molecule has 1 aliphatic heterocycles. The Hall–Kier alpha value is -2.24. The Bertz CT molecular complexity index is 999. The van der Waals surface area contributed by atoms with Gasteiger partial charge in [0.15, 0.2) is 0 Å². The zero-order chi connectivity index (χ0) is 22.9. The molecule has 170 valence electrons. The summed E-state index contributed by atoms with van der Waals surface area (Å²) in [6, 6.07) is 13.6. The number of aliphatic hydroxyl groups excluding tert-OH is 4. The standard InChI is InChI=1S/C26H30O6/c1-16-3-8-19(25-24(30)23(29)22(28)21(15-27)32-25)14-20(16)13-18-6-4-17(5-7-18)9-12-26(31)10-2-11-26/h3-8,14,21-25,27-31H,2,10-11,13,15H2,1H3/t21-,22-,23+,24-,25+/m1/s1. The van der Waals surface area contributed by atoms with Crippen molar-refractivity contribution in [2.45, 2.75) is 68.7 Å². The molecule has 4 rings (SSSR count). The van der Waals surface area contributed by atoms with Crippen LogP contribution in [0.3, 0.4) is 0 Å². The van der Waals surface area contributed by atoms with Crippen LogP contribution in [-0.4, -0.2) is 62.2 Å². The smallest absolute Gasteiger partial charge is 0.125 e. The highest BCUT2D eigenvalue weighted by Gasteiger charge is 2.44. The average molecular weight is 439 g/mol. The van der Waals surface area contributed by atoms with E-state index in [2.05, 4.69) is 11.8 Å². The van der Waals surface area contributed by atoms with E-state index >= 15 is 0 Å². The van der Waals surface area contributed by atoms with Crippen LogP contribution in [0.25, 0.3) is 0 Å². The van der Waals surface area contributed by atoms with E-state index < -0.39 is 42.7 Å². The number of aliphatic hydroxyl groups is 5. The van der Waals surface area contributed by atoms with Gasteiger partial charge in [-0.25, -0.2) is 0 Å². The predicted octanol–water partition coefficient (Wildman–Crippen LogP) is 1.37. The topological polar surface area (TPSA) is 110 Å². The average Bonchev–Trinajstić information content (AvgIpc) is 2.77. The lowest BCUT2D eigenvalue weighted by Gasteiger charge is -2.40. The second-order valence-electron chi connectivity index (χ2n) is 8.94. The van der Waals surface area contributed by atoms with Crippen molar-refractivity contribution < 1.29 is 30.3 Å². The largest absolute Gasteiger partial charge is 0.394 e. The summed E-state index contributed by atoms with van der Waals surface area (Å²) in [6.07, 6.45) is -2.70. The van der Waals surface area contributed by atoms with Crippen LogP contribution in [0.5, 0.6) is 0 Å². The van der Waals surface area contributed by atoms with Gasteiger partial charge < -0.3 is 30.3 Å². The summed E-state index contributed by atoms with van der Waals surface area (Å²) in [5, 5.41) is 50.1. The highest BCUT2D eigenvalue weighted by atomic mass is 16.5. The maximum atomic E-state index is 10.4. The monoisotopic (exact) mass is 438 g/mol. The first kappa shape index (κ1) is 22.9. The summed E-state index contributed by atoms with van der Waals surface area (Å²) in [6.45, 7) is 1.55. The third-order valence-corrected chi connectivity index (χ3v) is 6.56. The fourth-order valence-electron chi connectivity index (χ4n) is 4.19. The number of ether oxygens (including phenoxy) is 1. The molecule has 6 heteroatoms. The predicted molar refractivity (Wildman–Crippen MR) is 119 cm³/mol. The maximum absolute atomic E-state index is 10.4. The molecule has 2 fully saturated rings. The molecule has 1 saturated heterocycles. The van der Waals surface area contributed by atoms with Gasteiger partial charge in [0.1, 0.15) is 36.1 Å². The summed E-state index contributed by atoms with van der Waals surface area (Å²) in [5.41, 5.74) is 3.93. The third-order valence-electron chi connectivity index (χ3n) is 6.56. The molecule has 0 radical (unpaired) electrons. The SMILES string of the molecule is Cc1ccc([C@@H]2O[C@H](CO)[C@@H](O)[C@H](O)[C@H]2O)cc1Cc1ccc(C#CC2(O)CCC2)cc1. The first-order valence-electron chi connectivity index (χ1n) is 11.0. The Morgan fingerprint density at radius 2 is 1.72 bits per heavy atom. The second kappa shape index (κ2) is 9.32. The molecule has 1 saturated carbocycles. The zero-order valence-corrected chi connectivity index (χ0v) is 18.1. The fraction of sp³-hybridized carbons (Fsp3) is 0.462. The van der Waals surface area contributed by atoms with E-state index in [9.17, 15) is 25.5 Å². The van der Waals surface area contributed by atoms with Gasteiger partial charge in [-0.3, -0.25) is 0 Å². The summed E-state index contributed by atoms with van der Waals surface area (Å²) in [4.78, 5) is 0. The normalized spacial score (nSPS) is 29.0. The molecule has 0 spiro atoms. The van der Waals surface area contributed by atoms with Crippen LogP contribution < -0.4 is 0 Å². The molecule has 0 amide bonds. The Kier molecular flexibility index (Phi) is 6.68. The Balaban J connectivity index is 1.51. The fourth-order valence-corrected chi connectivity index (χ4v) is 4.19. The maximum Gasteiger partial charge on any atom is 0.125 e. The van der Waals surface area contributed by atoms with Crippen molar-refractivity contribution in [2.24, 2.45) is 0 Å². The van der Waals surface area contributed by atoms with Crippen molar-refractivity contribution in [3.8, 4) is 11.8 Å². The molecule has 1 aliphatic carbocycles. The Morgan fingerprint density at radius 3 is 2.34 bits per heavy atom. The molecule has 2 aromatic rings. The van der Waals surface area contributed by atoms with Gasteiger partial charge in [0.25, 0.3) is 0 Å². The van der Waals surface area contributed by atoms with Crippen LogP contribution in [0, 0.1) is 18.8 Å². The third kappa shape index (κ3) is 4.74. The zero-order valence-electron chi connectivity index (χ0n) is 18.1. The van der Waals surface area contributed by atoms with E-state index in [1.165, 1.54) is 0 Å². The minimum atomic E-state index is -1.40. The quantitative estimate of drug-likeness (QED) is 0.461. The van der Waals surface area contributed by atoms with Gasteiger partial charge in [-0.15, -0.1) is 0 Å². The van der Waals surface area contributed by atoms with Crippen LogP contribution >= 0.6 is 0 Å². The van der Waals surface area contributed by atoms with Crippen LogP contribution in [0.2, 0.25) is 0 Å². The molecule has 0 aromatic heterocycles. The molecule has 0 bridgehead atoms. The van der Waals surface area contributed by atoms with E-state index in [0.717, 1.165) is 41.5 Å². The first-order chi connectivity index (χ1) is 15.3. The van der Waals surface area contributed by atoms with Crippen LogP contribution in [0.4, 0.5) is 0 Å². The van der Waals surface area contributed by atoms with E-state index in [0.29, 0.717) is 12.0 Å². The Morgan fingerprint density at radius 1 is 1.00 bits per heavy atom. The Labute approximate surface area is 188 Å². The number of hydrogen-bond donors (Lipinski definition) is 5. The lowest BCUT2D eigenvalue weighted by atomic mass is 9.81. The lowest BCUT2D eigenvalue weighted by Crippen LogP contribution is -2.55. The van der Waals surface area contributed by atoms with E-state index in [1.807, 2.05) is 49.4 Å². The van der Waals surface area contributed by atoms with Crippen LogP contribution in [-0.2, 0) is 11.2 Å². The molecule has 1 heterocycles. The molecule has 6 nitrogen and oxygen atoms in total. The second-order valence-corrected chi connectivity index (χ2v) is 8.94. The van der Waals surface area contributed by atoms with Gasteiger partial charge in [-0.2, -0.15) is 0 Å². The molecule has 2 aromatic carbocycles. The van der Waals surface area contributed by atoms with E-state index in [1.54, 1.807) is 0 Å². The van der Waals surface area contributed by atoms with Crippen LogP contribution in [0.15, 0.2) is 42.5 Å². The molecular formula is C26H30O6. The number of benzene rings is 2. The van der Waals surface area contributed by atoms with E-state index in [4.69, 9.17) is 4.74 Å². The van der Waals surface area contributed by atoms with Crippen molar-refractivity contribution in [3.63, 3.8) is 0 Å². The summed E-state index contributed by atoms with van der Waals surface area (Å²) < 4.78 is 5.70. The van der Waals surface area contributed by atoms with Gasteiger partial charge in [-0.05, 0) is 67.0 Å². The molecule has 32 heavy (non-hydrogen) atoms. The van der Waals surface area contributed by atoms with E-state index in [-0.39, 0.29) is 0 Å².